The molecule has 1 N–H and O–H groups in total. The fourth-order valence-electron chi connectivity index (χ4n) is 4.63. The molecule has 1 saturated heterocycles. The Bertz CT molecular complexity index is 1440. The summed E-state index contributed by atoms with van der Waals surface area (Å²) in [4.78, 5) is 54.7. The highest BCUT2D eigenvalue weighted by Gasteiger charge is 2.46. The van der Waals surface area contributed by atoms with Crippen LogP contribution in [0.25, 0.3) is 0 Å². The van der Waals surface area contributed by atoms with Gasteiger partial charge >= 0.3 is 12.0 Å². The van der Waals surface area contributed by atoms with E-state index in [0.717, 1.165) is 10.5 Å². The fraction of sp³-hybridized carbons (Fsp3) is 0.290. The van der Waals surface area contributed by atoms with Crippen molar-refractivity contribution in [3.63, 3.8) is 0 Å². The van der Waals surface area contributed by atoms with Gasteiger partial charge in [0.1, 0.15) is 11.8 Å². The maximum Gasteiger partial charge on any atom is 0.338 e. The number of hydrogen-bond acceptors (Lipinski definition) is 8. The fourth-order valence-corrected chi connectivity index (χ4v) is 4.63. The average molecular weight is 576 g/mol. The number of benzene rings is 3. The molecule has 1 atom stereocenters. The Kier molecular flexibility index (Phi) is 9.64. The highest BCUT2D eigenvalue weighted by Crippen LogP contribution is 2.31. The first-order valence-electron chi connectivity index (χ1n) is 13.4. The van der Waals surface area contributed by atoms with Crippen LogP contribution < -0.4 is 24.4 Å². The monoisotopic (exact) mass is 575 g/mol. The molecular formula is C31H33N3O8. The van der Waals surface area contributed by atoms with E-state index in [-0.39, 0.29) is 19.6 Å². The van der Waals surface area contributed by atoms with Crippen LogP contribution in [0.15, 0.2) is 66.7 Å². The van der Waals surface area contributed by atoms with Crippen molar-refractivity contribution >= 4 is 35.2 Å². The average Bonchev–Trinajstić information content (AvgIpc) is 3.23. The minimum atomic E-state index is -1.03. The molecule has 1 fully saturated rings. The zero-order chi connectivity index (χ0) is 30.2. The lowest BCUT2D eigenvalue weighted by Gasteiger charge is -2.22. The standard InChI is InChI=1S/C31H33N3O8/c1-5-42-30(37)21-7-9-22(10-8-21)32-28(35)19-25-29(36)34(23-11-13-24(39-2)14-12-23)31(38)33(25)17-16-20-6-15-26(40-3)27(18-20)41-4/h6-15,18,25H,5,16-17,19H2,1-4H3,(H,32,35). The van der Waals surface area contributed by atoms with Crippen LogP contribution in [0.5, 0.6) is 17.2 Å². The van der Waals surface area contributed by atoms with Crippen molar-refractivity contribution in [3.05, 3.63) is 77.9 Å². The second kappa shape index (κ2) is 13.5. The van der Waals surface area contributed by atoms with E-state index in [9.17, 15) is 19.2 Å². The Morgan fingerprint density at radius 2 is 1.55 bits per heavy atom. The minimum absolute atomic E-state index is 0.179. The maximum atomic E-state index is 13.6. The highest BCUT2D eigenvalue weighted by molar-refractivity contribution is 6.22. The molecule has 11 nitrogen and oxygen atoms in total. The molecule has 0 aliphatic carbocycles. The number of urea groups is 1. The number of anilines is 2. The predicted octanol–water partition coefficient (Wildman–Crippen LogP) is 4.30. The van der Waals surface area contributed by atoms with Crippen LogP contribution in [0.1, 0.15) is 29.3 Å². The molecule has 11 heteroatoms. The number of amides is 4. The Hall–Kier alpha value is -5.06. The number of carbonyl (C=O) groups is 4. The van der Waals surface area contributed by atoms with Gasteiger partial charge in [0.15, 0.2) is 11.5 Å². The van der Waals surface area contributed by atoms with Gasteiger partial charge in [-0.3, -0.25) is 9.59 Å². The van der Waals surface area contributed by atoms with Crippen molar-refractivity contribution in [1.29, 1.82) is 0 Å². The van der Waals surface area contributed by atoms with Crippen molar-refractivity contribution in [2.75, 3.05) is 44.7 Å². The van der Waals surface area contributed by atoms with E-state index in [1.165, 1.54) is 19.1 Å². The summed E-state index contributed by atoms with van der Waals surface area (Å²) in [5, 5.41) is 2.75. The zero-order valence-corrected chi connectivity index (χ0v) is 23.9. The van der Waals surface area contributed by atoms with E-state index >= 15 is 0 Å². The van der Waals surface area contributed by atoms with Crippen LogP contribution in [0.2, 0.25) is 0 Å². The molecule has 3 aromatic carbocycles. The number of nitrogens with zero attached hydrogens (tertiary/aromatic N) is 2. The number of imide groups is 1. The van der Waals surface area contributed by atoms with Gasteiger partial charge in [-0.25, -0.2) is 14.5 Å². The molecule has 42 heavy (non-hydrogen) atoms. The van der Waals surface area contributed by atoms with E-state index < -0.39 is 29.9 Å². The first-order chi connectivity index (χ1) is 20.3. The summed E-state index contributed by atoms with van der Waals surface area (Å²) in [5.41, 5.74) is 2.02. The summed E-state index contributed by atoms with van der Waals surface area (Å²) in [6.07, 6.45) is 0.145. The number of methoxy groups -OCH3 is 3. The summed E-state index contributed by atoms with van der Waals surface area (Å²) in [6, 6.07) is 16.7. The van der Waals surface area contributed by atoms with Gasteiger partial charge in [0.2, 0.25) is 5.91 Å². The van der Waals surface area contributed by atoms with Gasteiger partial charge < -0.3 is 29.2 Å². The molecule has 1 aliphatic heterocycles. The minimum Gasteiger partial charge on any atom is -0.497 e. The van der Waals surface area contributed by atoms with Gasteiger partial charge in [0, 0.05) is 12.2 Å². The Balaban J connectivity index is 1.53. The number of nitrogens with one attached hydrogen (secondary N) is 1. The third kappa shape index (κ3) is 6.63. The van der Waals surface area contributed by atoms with Crippen molar-refractivity contribution in [2.45, 2.75) is 25.8 Å². The van der Waals surface area contributed by atoms with Gasteiger partial charge in [-0.1, -0.05) is 6.07 Å². The first kappa shape index (κ1) is 29.9. The lowest BCUT2D eigenvalue weighted by Crippen LogP contribution is -2.39. The molecule has 0 spiro atoms. The number of esters is 1. The summed E-state index contributed by atoms with van der Waals surface area (Å²) in [6.45, 7) is 2.15. The van der Waals surface area contributed by atoms with E-state index in [1.54, 1.807) is 68.6 Å². The molecule has 220 valence electrons. The van der Waals surface area contributed by atoms with Gasteiger partial charge in [-0.2, -0.15) is 0 Å². The molecule has 1 heterocycles. The number of carbonyl (C=O) groups excluding carboxylic acids is 4. The lowest BCUT2D eigenvalue weighted by molar-refractivity contribution is -0.124. The number of hydrogen-bond donors (Lipinski definition) is 1. The molecule has 0 aromatic heterocycles. The molecule has 0 bridgehead atoms. The predicted molar refractivity (Wildman–Crippen MR) is 155 cm³/mol. The Morgan fingerprint density at radius 3 is 2.17 bits per heavy atom. The van der Waals surface area contributed by atoms with Crippen LogP contribution in [-0.2, 0) is 20.7 Å². The summed E-state index contributed by atoms with van der Waals surface area (Å²) in [5.74, 6) is 0.262. The summed E-state index contributed by atoms with van der Waals surface area (Å²) in [7, 11) is 4.61. The third-order valence-corrected chi connectivity index (χ3v) is 6.80. The normalized spacial score (nSPS) is 14.5. The van der Waals surface area contributed by atoms with Gasteiger partial charge in [-0.05, 0) is 79.6 Å². The molecular weight excluding hydrogens is 542 g/mol. The first-order valence-corrected chi connectivity index (χ1v) is 13.4. The second-order valence-corrected chi connectivity index (χ2v) is 9.35. The van der Waals surface area contributed by atoms with Crippen molar-refractivity contribution in [2.24, 2.45) is 0 Å². The van der Waals surface area contributed by atoms with Crippen LogP contribution in [0.4, 0.5) is 16.2 Å². The van der Waals surface area contributed by atoms with Crippen molar-refractivity contribution in [1.82, 2.24) is 4.90 Å². The number of rotatable bonds is 12. The largest absolute Gasteiger partial charge is 0.497 e. The molecule has 4 rings (SSSR count). The van der Waals surface area contributed by atoms with Crippen LogP contribution in [0.3, 0.4) is 0 Å². The smallest absolute Gasteiger partial charge is 0.338 e. The van der Waals surface area contributed by atoms with Crippen molar-refractivity contribution in [3.8, 4) is 17.2 Å². The SMILES string of the molecule is CCOC(=O)c1ccc(NC(=O)CC2C(=O)N(c3ccc(OC)cc3)C(=O)N2CCc2ccc(OC)c(OC)c2)cc1. The van der Waals surface area contributed by atoms with Crippen LogP contribution >= 0.6 is 0 Å². The van der Waals surface area contributed by atoms with Crippen LogP contribution in [0, 0.1) is 0 Å². The topological polar surface area (TPSA) is 124 Å². The summed E-state index contributed by atoms with van der Waals surface area (Å²) >= 11 is 0. The molecule has 0 saturated carbocycles. The van der Waals surface area contributed by atoms with E-state index in [0.29, 0.717) is 40.6 Å². The van der Waals surface area contributed by atoms with Gasteiger partial charge in [0.25, 0.3) is 5.91 Å². The van der Waals surface area contributed by atoms with Crippen molar-refractivity contribution < 1.29 is 38.1 Å². The quantitative estimate of drug-likeness (QED) is 0.251. The zero-order valence-electron chi connectivity index (χ0n) is 23.9. The molecule has 3 aromatic rings. The Labute approximate surface area is 243 Å². The molecule has 1 aliphatic rings. The number of ether oxygens (including phenoxy) is 4. The van der Waals surface area contributed by atoms with E-state index in [4.69, 9.17) is 18.9 Å². The van der Waals surface area contributed by atoms with E-state index in [2.05, 4.69) is 5.32 Å². The van der Waals surface area contributed by atoms with E-state index in [1.807, 2.05) is 12.1 Å². The van der Waals surface area contributed by atoms with Gasteiger partial charge in [0.05, 0.1) is 45.6 Å². The maximum absolute atomic E-state index is 13.6. The van der Waals surface area contributed by atoms with Crippen LogP contribution in [-0.4, -0.2) is 69.2 Å². The summed E-state index contributed by atoms with van der Waals surface area (Å²) < 4.78 is 20.9. The highest BCUT2D eigenvalue weighted by atomic mass is 16.5. The molecule has 4 amide bonds. The second-order valence-electron chi connectivity index (χ2n) is 9.35. The lowest BCUT2D eigenvalue weighted by atomic mass is 10.1. The third-order valence-electron chi connectivity index (χ3n) is 6.80. The molecule has 1 unspecified atom stereocenters. The van der Waals surface area contributed by atoms with Gasteiger partial charge in [-0.15, -0.1) is 0 Å². The Morgan fingerprint density at radius 1 is 0.857 bits per heavy atom. The molecule has 0 radical (unpaired) electrons.